The van der Waals surface area contributed by atoms with Crippen LogP contribution in [0, 0.1) is 11.8 Å². The van der Waals surface area contributed by atoms with Gasteiger partial charge in [0.1, 0.15) is 0 Å². The van der Waals surface area contributed by atoms with Crippen LogP contribution < -0.4 is 15.5 Å². The van der Waals surface area contributed by atoms with Gasteiger partial charge in [0, 0.05) is 36.9 Å². The van der Waals surface area contributed by atoms with Crippen LogP contribution in [0.25, 0.3) is 0 Å². The second-order valence-electron chi connectivity index (χ2n) is 7.52. The van der Waals surface area contributed by atoms with Gasteiger partial charge < -0.3 is 15.0 Å². The molecule has 8 heteroatoms. The Hall–Kier alpha value is -3.16. The summed E-state index contributed by atoms with van der Waals surface area (Å²) in [5.74, 6) is 0.712. The Labute approximate surface area is 170 Å². The average Bonchev–Trinajstić information content (AvgIpc) is 2.73. The Kier molecular flexibility index (Phi) is 6.99. The molecule has 0 spiro atoms. The van der Waals surface area contributed by atoms with E-state index in [0.717, 1.165) is 19.4 Å². The molecule has 2 heterocycles. The third kappa shape index (κ3) is 6.17. The lowest BCUT2D eigenvalue weighted by Gasteiger charge is -2.31. The highest BCUT2D eigenvalue weighted by atomic mass is 16.5. The predicted octanol–water partition coefficient (Wildman–Crippen LogP) is 3.54. The molecule has 1 atom stereocenters. The molecule has 1 aromatic carbocycles. The molecule has 1 fully saturated rings. The molecule has 1 unspecified atom stereocenters. The number of anilines is 3. The number of rotatable bonds is 6. The molecule has 0 radical (unpaired) electrons. The fourth-order valence-corrected chi connectivity index (χ4v) is 3.14. The van der Waals surface area contributed by atoms with Crippen LogP contribution in [0.5, 0.6) is 0 Å². The number of amides is 2. The number of carbonyl (C=O) groups is 2. The molecule has 3 rings (SSSR count). The van der Waals surface area contributed by atoms with E-state index in [1.807, 2.05) is 18.7 Å². The Morgan fingerprint density at radius 2 is 1.90 bits per heavy atom. The summed E-state index contributed by atoms with van der Waals surface area (Å²) in [5, 5.41) is 5.63. The van der Waals surface area contributed by atoms with E-state index < -0.39 is 6.09 Å². The molecule has 29 heavy (non-hydrogen) atoms. The first kappa shape index (κ1) is 20.6. The lowest BCUT2D eigenvalue weighted by molar-refractivity contribution is -0.120. The summed E-state index contributed by atoms with van der Waals surface area (Å²) in [7, 11) is 0. The first-order valence-corrected chi connectivity index (χ1v) is 9.88. The number of nitrogens with zero attached hydrogens (tertiary/aromatic N) is 3. The molecular formula is C21H27N5O3. The second-order valence-corrected chi connectivity index (χ2v) is 7.52. The molecule has 1 aliphatic heterocycles. The molecule has 0 aliphatic carbocycles. The summed E-state index contributed by atoms with van der Waals surface area (Å²) in [6.07, 6.45) is 4.62. The minimum Gasteiger partial charge on any atom is -0.449 e. The van der Waals surface area contributed by atoms with Crippen molar-refractivity contribution in [2.24, 2.45) is 11.8 Å². The van der Waals surface area contributed by atoms with Gasteiger partial charge >= 0.3 is 6.09 Å². The van der Waals surface area contributed by atoms with Crippen molar-refractivity contribution in [3.8, 4) is 0 Å². The topological polar surface area (TPSA) is 96.5 Å². The molecule has 1 aliphatic rings. The largest absolute Gasteiger partial charge is 0.449 e. The van der Waals surface area contributed by atoms with Gasteiger partial charge in [0.25, 0.3) is 0 Å². The minimum atomic E-state index is -0.507. The highest BCUT2D eigenvalue weighted by Gasteiger charge is 2.27. The van der Waals surface area contributed by atoms with Crippen molar-refractivity contribution in [3.05, 3.63) is 42.7 Å². The minimum absolute atomic E-state index is 0.0508. The van der Waals surface area contributed by atoms with Gasteiger partial charge in [0.05, 0.1) is 12.5 Å². The lowest BCUT2D eigenvalue weighted by Crippen LogP contribution is -2.41. The standard InChI is InChI=1S/C21H27N5O3/c1-15(2)14-29-21(28)25-18-8-3-7-17(12-18)24-19(27)16-6-4-11-26(13-16)20-22-9-5-10-23-20/h3,5,7-10,12,15-16H,4,6,11,13-14H2,1-2H3,(H,24,27)(H,25,28). The SMILES string of the molecule is CC(C)COC(=O)Nc1cccc(NC(=O)C2CCCN(c3ncccn3)C2)c1. The summed E-state index contributed by atoms with van der Waals surface area (Å²) in [4.78, 5) is 35.2. The van der Waals surface area contributed by atoms with Crippen molar-refractivity contribution >= 4 is 29.3 Å². The van der Waals surface area contributed by atoms with Gasteiger partial charge in [-0.15, -0.1) is 0 Å². The summed E-state index contributed by atoms with van der Waals surface area (Å²) in [6, 6.07) is 8.82. The van der Waals surface area contributed by atoms with Crippen LogP contribution in [0.4, 0.5) is 22.1 Å². The van der Waals surface area contributed by atoms with E-state index in [1.54, 1.807) is 42.7 Å². The second kappa shape index (κ2) is 9.86. The zero-order chi connectivity index (χ0) is 20.6. The van der Waals surface area contributed by atoms with Crippen molar-refractivity contribution in [2.45, 2.75) is 26.7 Å². The number of ether oxygens (including phenoxy) is 1. The fraction of sp³-hybridized carbons (Fsp3) is 0.429. The predicted molar refractivity (Wildman–Crippen MR) is 112 cm³/mol. The van der Waals surface area contributed by atoms with Gasteiger partial charge in [-0.3, -0.25) is 10.1 Å². The van der Waals surface area contributed by atoms with Gasteiger partial charge in [0.15, 0.2) is 0 Å². The molecule has 2 aromatic rings. The third-order valence-corrected chi connectivity index (χ3v) is 4.55. The van der Waals surface area contributed by atoms with Gasteiger partial charge in [-0.25, -0.2) is 14.8 Å². The summed E-state index contributed by atoms with van der Waals surface area (Å²) >= 11 is 0. The Balaban J connectivity index is 1.57. The van der Waals surface area contributed by atoms with Gasteiger partial charge in [-0.05, 0) is 43.0 Å². The van der Waals surface area contributed by atoms with Gasteiger partial charge in [0.2, 0.25) is 11.9 Å². The molecule has 0 saturated carbocycles. The number of aromatic nitrogens is 2. The molecule has 1 saturated heterocycles. The molecule has 2 amide bonds. The third-order valence-electron chi connectivity index (χ3n) is 4.55. The maximum Gasteiger partial charge on any atom is 0.411 e. The lowest BCUT2D eigenvalue weighted by atomic mass is 9.97. The van der Waals surface area contributed by atoms with Crippen LogP contribution in [0.1, 0.15) is 26.7 Å². The Morgan fingerprint density at radius 3 is 2.62 bits per heavy atom. The number of nitrogens with one attached hydrogen (secondary N) is 2. The van der Waals surface area contributed by atoms with Crippen molar-refractivity contribution in [3.63, 3.8) is 0 Å². The summed E-state index contributed by atoms with van der Waals surface area (Å²) < 4.78 is 5.12. The van der Waals surface area contributed by atoms with Crippen LogP contribution >= 0.6 is 0 Å². The maximum atomic E-state index is 12.8. The summed E-state index contributed by atoms with van der Waals surface area (Å²) in [6.45, 7) is 5.71. The quantitative estimate of drug-likeness (QED) is 0.774. The fourth-order valence-electron chi connectivity index (χ4n) is 3.14. The van der Waals surface area contributed by atoms with E-state index in [4.69, 9.17) is 4.74 Å². The first-order valence-electron chi connectivity index (χ1n) is 9.88. The van der Waals surface area contributed by atoms with Crippen molar-refractivity contribution < 1.29 is 14.3 Å². The van der Waals surface area contributed by atoms with Crippen LogP contribution in [0.2, 0.25) is 0 Å². The number of hydrogen-bond donors (Lipinski definition) is 2. The summed E-state index contributed by atoms with van der Waals surface area (Å²) in [5.41, 5.74) is 1.20. The highest BCUT2D eigenvalue weighted by Crippen LogP contribution is 2.22. The van der Waals surface area contributed by atoms with Crippen LogP contribution in [0.3, 0.4) is 0 Å². The normalized spacial score (nSPS) is 16.4. The number of piperidine rings is 1. The molecule has 8 nitrogen and oxygen atoms in total. The monoisotopic (exact) mass is 397 g/mol. The molecule has 2 N–H and O–H groups in total. The van der Waals surface area contributed by atoms with E-state index in [-0.39, 0.29) is 17.7 Å². The Morgan fingerprint density at radius 1 is 1.17 bits per heavy atom. The molecule has 154 valence electrons. The number of benzene rings is 1. The number of carbonyl (C=O) groups excluding carboxylic acids is 2. The zero-order valence-corrected chi connectivity index (χ0v) is 16.8. The first-order chi connectivity index (χ1) is 14.0. The van der Waals surface area contributed by atoms with Crippen LogP contribution in [-0.2, 0) is 9.53 Å². The highest BCUT2D eigenvalue weighted by molar-refractivity contribution is 5.94. The van der Waals surface area contributed by atoms with Gasteiger partial charge in [-0.2, -0.15) is 0 Å². The average molecular weight is 397 g/mol. The van der Waals surface area contributed by atoms with Gasteiger partial charge in [-0.1, -0.05) is 19.9 Å². The van der Waals surface area contributed by atoms with Crippen molar-refractivity contribution in [1.82, 2.24) is 9.97 Å². The molecular weight excluding hydrogens is 370 g/mol. The van der Waals surface area contributed by atoms with E-state index in [2.05, 4.69) is 20.6 Å². The van der Waals surface area contributed by atoms with E-state index >= 15 is 0 Å². The molecule has 1 aromatic heterocycles. The van der Waals surface area contributed by atoms with E-state index in [9.17, 15) is 9.59 Å². The Bertz CT molecular complexity index is 828. The zero-order valence-electron chi connectivity index (χ0n) is 16.8. The van der Waals surface area contributed by atoms with E-state index in [1.165, 1.54) is 0 Å². The van der Waals surface area contributed by atoms with Crippen molar-refractivity contribution in [1.29, 1.82) is 0 Å². The van der Waals surface area contributed by atoms with Crippen LogP contribution in [0.15, 0.2) is 42.7 Å². The molecule has 0 bridgehead atoms. The maximum absolute atomic E-state index is 12.8. The van der Waals surface area contributed by atoms with Crippen molar-refractivity contribution in [2.75, 3.05) is 35.2 Å². The smallest absolute Gasteiger partial charge is 0.411 e. The van der Waals surface area contributed by atoms with Crippen LogP contribution in [-0.4, -0.2) is 41.7 Å². The van der Waals surface area contributed by atoms with E-state index in [0.29, 0.717) is 30.5 Å². The number of hydrogen-bond acceptors (Lipinski definition) is 6.